The van der Waals surface area contributed by atoms with E-state index in [1.807, 2.05) is 30.3 Å². The standard InChI is InChI=1S/C20H20N4O5S/c1-23(13-18-21-19(22-29-18)14-8-4-3-5-9-14)20(25)17-12-24(30(2,26)27)15-10-6-7-11-16(15)28-17/h3-11,17H,12-13H2,1-2H3/t17-/m0/s1. The predicted molar refractivity (Wildman–Crippen MR) is 109 cm³/mol. The zero-order valence-corrected chi connectivity index (χ0v) is 17.2. The lowest BCUT2D eigenvalue weighted by molar-refractivity contribution is -0.138. The summed E-state index contributed by atoms with van der Waals surface area (Å²) in [5.41, 5.74) is 1.22. The smallest absolute Gasteiger partial charge is 0.265 e. The van der Waals surface area contributed by atoms with Crippen molar-refractivity contribution in [2.45, 2.75) is 12.6 Å². The van der Waals surface area contributed by atoms with E-state index in [-0.39, 0.29) is 19.0 Å². The number of hydrogen-bond acceptors (Lipinski definition) is 7. The van der Waals surface area contributed by atoms with Crippen LogP contribution < -0.4 is 9.04 Å². The van der Waals surface area contributed by atoms with E-state index in [2.05, 4.69) is 10.1 Å². The van der Waals surface area contributed by atoms with Crippen molar-refractivity contribution in [2.24, 2.45) is 0 Å². The van der Waals surface area contributed by atoms with Crippen LogP contribution in [0.2, 0.25) is 0 Å². The van der Waals surface area contributed by atoms with E-state index in [1.165, 1.54) is 9.21 Å². The number of likely N-dealkylation sites (N-methyl/N-ethyl adjacent to an activating group) is 1. The van der Waals surface area contributed by atoms with E-state index >= 15 is 0 Å². The molecule has 1 aromatic heterocycles. The molecular weight excluding hydrogens is 408 g/mol. The Bertz CT molecular complexity index is 1160. The number of fused-ring (bicyclic) bond motifs is 1. The first-order valence-corrected chi connectivity index (χ1v) is 11.0. The molecule has 0 aliphatic carbocycles. The van der Waals surface area contributed by atoms with Gasteiger partial charge >= 0.3 is 0 Å². The number of benzene rings is 2. The van der Waals surface area contributed by atoms with Crippen molar-refractivity contribution in [3.8, 4) is 17.1 Å². The second kappa shape index (κ2) is 7.79. The molecule has 0 saturated heterocycles. The first kappa shape index (κ1) is 19.9. The topological polar surface area (TPSA) is 106 Å². The maximum atomic E-state index is 13.0. The van der Waals surface area contributed by atoms with Gasteiger partial charge in [-0.1, -0.05) is 47.6 Å². The Morgan fingerprint density at radius 2 is 1.87 bits per heavy atom. The summed E-state index contributed by atoms with van der Waals surface area (Å²) in [6.45, 7) is -0.0445. The van der Waals surface area contributed by atoms with Crippen LogP contribution in [-0.4, -0.2) is 55.3 Å². The van der Waals surface area contributed by atoms with Crippen molar-refractivity contribution in [3.05, 3.63) is 60.5 Å². The van der Waals surface area contributed by atoms with E-state index in [0.717, 1.165) is 11.8 Å². The molecule has 3 aromatic rings. The van der Waals surface area contributed by atoms with Gasteiger partial charge in [-0.15, -0.1) is 0 Å². The van der Waals surface area contributed by atoms with E-state index in [9.17, 15) is 13.2 Å². The van der Waals surface area contributed by atoms with Crippen LogP contribution in [0.5, 0.6) is 5.75 Å². The molecule has 156 valence electrons. The number of ether oxygens (including phenoxy) is 1. The summed E-state index contributed by atoms with van der Waals surface area (Å²) in [6.07, 6.45) is 0.111. The Balaban J connectivity index is 1.50. The molecule has 0 spiro atoms. The average molecular weight is 428 g/mol. The third-order valence-electron chi connectivity index (χ3n) is 4.66. The Labute approximate surface area is 173 Å². The highest BCUT2D eigenvalue weighted by atomic mass is 32.2. The molecule has 10 heteroatoms. The minimum absolute atomic E-state index is 0.0685. The number of carbonyl (C=O) groups is 1. The van der Waals surface area contributed by atoms with Gasteiger partial charge in [0.1, 0.15) is 5.75 Å². The summed E-state index contributed by atoms with van der Waals surface area (Å²) in [5.74, 6) is 0.640. The van der Waals surface area contributed by atoms with Crippen LogP contribution in [0.15, 0.2) is 59.1 Å². The normalized spacial score (nSPS) is 15.9. The van der Waals surface area contributed by atoms with Gasteiger partial charge in [-0.3, -0.25) is 9.10 Å². The Morgan fingerprint density at radius 3 is 2.60 bits per heavy atom. The fourth-order valence-corrected chi connectivity index (χ4v) is 4.11. The molecule has 0 fully saturated rings. The molecule has 0 radical (unpaired) electrons. The van der Waals surface area contributed by atoms with Crippen molar-refractivity contribution in [2.75, 3.05) is 24.2 Å². The van der Waals surface area contributed by atoms with Gasteiger partial charge in [-0.25, -0.2) is 8.42 Å². The first-order chi connectivity index (χ1) is 14.3. The summed E-state index contributed by atoms with van der Waals surface area (Å²) in [4.78, 5) is 18.6. The molecule has 2 aromatic carbocycles. The minimum atomic E-state index is -3.58. The molecule has 9 nitrogen and oxygen atoms in total. The quantitative estimate of drug-likeness (QED) is 0.611. The second-order valence-electron chi connectivity index (χ2n) is 6.94. The maximum Gasteiger partial charge on any atom is 0.265 e. The largest absolute Gasteiger partial charge is 0.476 e. The molecule has 1 amide bonds. The molecule has 30 heavy (non-hydrogen) atoms. The number of para-hydroxylation sites is 2. The molecule has 0 saturated carbocycles. The highest BCUT2D eigenvalue weighted by Gasteiger charge is 2.36. The van der Waals surface area contributed by atoms with Gasteiger partial charge in [-0.05, 0) is 12.1 Å². The number of aromatic nitrogens is 2. The molecule has 0 N–H and O–H groups in total. The van der Waals surface area contributed by atoms with Crippen LogP contribution in [0.1, 0.15) is 5.89 Å². The monoisotopic (exact) mass is 428 g/mol. The molecule has 4 rings (SSSR count). The molecule has 1 aliphatic heterocycles. The van der Waals surface area contributed by atoms with Gasteiger partial charge in [-0.2, -0.15) is 4.98 Å². The Hall–Kier alpha value is -3.40. The number of carbonyl (C=O) groups excluding carboxylic acids is 1. The lowest BCUT2D eigenvalue weighted by Gasteiger charge is -2.35. The van der Waals surface area contributed by atoms with Crippen LogP contribution in [-0.2, 0) is 21.4 Å². The van der Waals surface area contributed by atoms with Crippen molar-refractivity contribution in [1.82, 2.24) is 15.0 Å². The highest BCUT2D eigenvalue weighted by Crippen LogP contribution is 2.35. The van der Waals surface area contributed by atoms with E-state index in [0.29, 0.717) is 17.3 Å². The second-order valence-corrected chi connectivity index (χ2v) is 8.85. The molecule has 0 unspecified atom stereocenters. The van der Waals surface area contributed by atoms with Crippen LogP contribution in [0.25, 0.3) is 11.4 Å². The Morgan fingerprint density at radius 1 is 1.17 bits per heavy atom. The number of anilines is 1. The minimum Gasteiger partial charge on any atom is -0.476 e. The van der Waals surface area contributed by atoms with E-state index in [4.69, 9.17) is 9.26 Å². The van der Waals surface area contributed by atoms with Gasteiger partial charge in [0, 0.05) is 12.6 Å². The number of rotatable bonds is 5. The summed E-state index contributed by atoms with van der Waals surface area (Å²) in [7, 11) is -2.00. The van der Waals surface area contributed by atoms with E-state index in [1.54, 1.807) is 31.3 Å². The number of nitrogens with zero attached hydrogens (tertiary/aromatic N) is 4. The third kappa shape index (κ3) is 3.99. The van der Waals surface area contributed by atoms with Gasteiger partial charge < -0.3 is 14.2 Å². The lowest BCUT2D eigenvalue weighted by atomic mass is 10.2. The van der Waals surface area contributed by atoms with Gasteiger partial charge in [0.15, 0.2) is 6.10 Å². The molecular formula is C20H20N4O5S. The fourth-order valence-electron chi connectivity index (χ4n) is 3.20. The van der Waals surface area contributed by atoms with Gasteiger partial charge in [0.05, 0.1) is 25.0 Å². The zero-order valence-electron chi connectivity index (χ0n) is 16.4. The SMILES string of the molecule is CN(Cc1nc(-c2ccccc2)no1)C(=O)[C@@H]1CN(S(C)(=O)=O)c2ccccc2O1. The summed E-state index contributed by atoms with van der Waals surface area (Å²) < 4.78 is 36.7. The maximum absolute atomic E-state index is 13.0. The number of amides is 1. The predicted octanol–water partition coefficient (Wildman–Crippen LogP) is 1.92. The van der Waals surface area contributed by atoms with Crippen molar-refractivity contribution in [1.29, 1.82) is 0 Å². The molecule has 1 aliphatic rings. The summed E-state index contributed by atoms with van der Waals surface area (Å²) in [6, 6.07) is 16.1. The number of hydrogen-bond donors (Lipinski definition) is 0. The summed E-state index contributed by atoms with van der Waals surface area (Å²) >= 11 is 0. The van der Waals surface area contributed by atoms with Crippen molar-refractivity contribution >= 4 is 21.6 Å². The van der Waals surface area contributed by atoms with Crippen molar-refractivity contribution in [3.63, 3.8) is 0 Å². The molecule has 0 bridgehead atoms. The average Bonchev–Trinajstić information content (AvgIpc) is 3.20. The van der Waals surface area contributed by atoms with Crippen LogP contribution in [0.4, 0.5) is 5.69 Å². The van der Waals surface area contributed by atoms with Crippen LogP contribution >= 0.6 is 0 Å². The molecule has 2 heterocycles. The number of sulfonamides is 1. The van der Waals surface area contributed by atoms with E-state index < -0.39 is 22.0 Å². The third-order valence-corrected chi connectivity index (χ3v) is 5.81. The fraction of sp³-hybridized carbons (Fsp3) is 0.250. The molecule has 1 atom stereocenters. The summed E-state index contributed by atoms with van der Waals surface area (Å²) in [5, 5.41) is 3.94. The highest BCUT2D eigenvalue weighted by molar-refractivity contribution is 7.92. The van der Waals surface area contributed by atoms with Crippen molar-refractivity contribution < 1.29 is 22.5 Å². The van der Waals surface area contributed by atoms with Gasteiger partial charge in [0.2, 0.25) is 21.7 Å². The Kier molecular flexibility index (Phi) is 5.17. The lowest BCUT2D eigenvalue weighted by Crippen LogP contribution is -2.50. The van der Waals surface area contributed by atoms with Crippen LogP contribution in [0, 0.1) is 0 Å². The van der Waals surface area contributed by atoms with Gasteiger partial charge in [0.25, 0.3) is 5.91 Å². The zero-order chi connectivity index (χ0) is 21.3. The van der Waals surface area contributed by atoms with Crippen LogP contribution in [0.3, 0.4) is 0 Å². The first-order valence-electron chi connectivity index (χ1n) is 9.19.